The number of hydrogen-bond donors (Lipinski definition) is 1. The second-order valence-corrected chi connectivity index (χ2v) is 3.51. The van der Waals surface area contributed by atoms with Gasteiger partial charge in [-0.15, -0.1) is 0 Å². The summed E-state index contributed by atoms with van der Waals surface area (Å²) in [4.78, 5) is 5.08. The van der Waals surface area contributed by atoms with E-state index in [0.29, 0.717) is 0 Å². The Bertz CT molecular complexity index is 672. The largest absolute Gasteiger partial charge is 0.320 e. The van der Waals surface area contributed by atoms with E-state index in [1.165, 1.54) is 5.32 Å². The Morgan fingerprint density at radius 3 is 1.14 bits per heavy atom. The standard InChI is InChI=1S/C10HF8N3/c11-1-3(13)7(17)19-9(5(1)15)21-10-6(16)2(12)4(14)8(18)20-10/h(H,19,20,21). The van der Waals surface area contributed by atoms with E-state index in [0.717, 1.165) is 0 Å². The molecule has 11 heteroatoms. The lowest BCUT2D eigenvalue weighted by atomic mass is 10.3. The van der Waals surface area contributed by atoms with Crippen molar-refractivity contribution in [1.82, 2.24) is 9.97 Å². The van der Waals surface area contributed by atoms with Crippen LogP contribution in [0, 0.1) is 46.8 Å². The topological polar surface area (TPSA) is 37.8 Å². The lowest BCUT2D eigenvalue weighted by Gasteiger charge is -2.09. The number of pyridine rings is 2. The third-order valence-electron chi connectivity index (χ3n) is 2.21. The molecular formula is C10HF8N3. The zero-order valence-corrected chi connectivity index (χ0v) is 9.42. The van der Waals surface area contributed by atoms with Gasteiger partial charge in [0.2, 0.25) is 34.9 Å². The van der Waals surface area contributed by atoms with E-state index in [-0.39, 0.29) is 0 Å². The van der Waals surface area contributed by atoms with Gasteiger partial charge in [-0.2, -0.15) is 36.3 Å². The first-order chi connectivity index (χ1) is 9.73. The van der Waals surface area contributed by atoms with E-state index in [2.05, 4.69) is 9.97 Å². The molecule has 1 N–H and O–H groups in total. The summed E-state index contributed by atoms with van der Waals surface area (Å²) in [7, 11) is 0. The Hall–Kier alpha value is -2.46. The number of hydrogen-bond acceptors (Lipinski definition) is 3. The molecule has 112 valence electrons. The van der Waals surface area contributed by atoms with E-state index < -0.39 is 58.4 Å². The van der Waals surface area contributed by atoms with E-state index in [1.54, 1.807) is 0 Å². The highest BCUT2D eigenvalue weighted by Crippen LogP contribution is 2.25. The van der Waals surface area contributed by atoms with Crippen LogP contribution in [0.5, 0.6) is 0 Å². The van der Waals surface area contributed by atoms with Crippen LogP contribution in [0.3, 0.4) is 0 Å². The summed E-state index contributed by atoms with van der Waals surface area (Å²) in [5.74, 6) is -20.4. The van der Waals surface area contributed by atoms with E-state index in [1.807, 2.05) is 0 Å². The van der Waals surface area contributed by atoms with E-state index >= 15 is 0 Å². The number of nitrogens with one attached hydrogen (secondary N) is 1. The zero-order valence-electron chi connectivity index (χ0n) is 9.42. The van der Waals surface area contributed by atoms with Crippen molar-refractivity contribution >= 4 is 11.6 Å². The van der Waals surface area contributed by atoms with Crippen LogP contribution in [-0.2, 0) is 0 Å². The van der Waals surface area contributed by atoms with Crippen molar-refractivity contribution in [3.63, 3.8) is 0 Å². The van der Waals surface area contributed by atoms with Crippen LogP contribution in [-0.4, -0.2) is 9.97 Å². The summed E-state index contributed by atoms with van der Waals surface area (Å²) in [6, 6.07) is 0. The molecule has 0 aliphatic rings. The number of rotatable bonds is 2. The summed E-state index contributed by atoms with van der Waals surface area (Å²) < 4.78 is 103. The first-order valence-electron chi connectivity index (χ1n) is 4.91. The summed E-state index contributed by atoms with van der Waals surface area (Å²) in [6.45, 7) is 0. The second kappa shape index (κ2) is 5.14. The fourth-order valence-electron chi connectivity index (χ4n) is 1.25. The first kappa shape index (κ1) is 14.9. The minimum absolute atomic E-state index is 1.39. The van der Waals surface area contributed by atoms with Gasteiger partial charge in [0.05, 0.1) is 0 Å². The molecule has 3 nitrogen and oxygen atoms in total. The molecule has 0 aliphatic heterocycles. The summed E-state index contributed by atoms with van der Waals surface area (Å²) in [5.41, 5.74) is 0. The van der Waals surface area contributed by atoms with Gasteiger partial charge in [-0.05, 0) is 0 Å². The summed E-state index contributed by atoms with van der Waals surface area (Å²) in [5, 5.41) is 1.39. The van der Waals surface area contributed by atoms with Gasteiger partial charge in [-0.1, -0.05) is 0 Å². The normalized spacial score (nSPS) is 10.9. The lowest BCUT2D eigenvalue weighted by molar-refractivity contribution is 0.390. The van der Waals surface area contributed by atoms with Gasteiger partial charge in [0.25, 0.3) is 11.9 Å². The monoisotopic (exact) mass is 315 g/mol. The van der Waals surface area contributed by atoms with Gasteiger partial charge in [-0.3, -0.25) is 0 Å². The summed E-state index contributed by atoms with van der Waals surface area (Å²) >= 11 is 0. The van der Waals surface area contributed by atoms with Gasteiger partial charge in [-0.25, -0.2) is 8.78 Å². The second-order valence-electron chi connectivity index (χ2n) is 3.51. The van der Waals surface area contributed by atoms with Gasteiger partial charge in [0.15, 0.2) is 11.6 Å². The van der Waals surface area contributed by atoms with Crippen molar-refractivity contribution in [3.8, 4) is 0 Å². The Morgan fingerprint density at radius 2 is 0.810 bits per heavy atom. The van der Waals surface area contributed by atoms with E-state index in [9.17, 15) is 35.1 Å². The molecule has 0 amide bonds. The molecule has 21 heavy (non-hydrogen) atoms. The molecule has 0 saturated carbocycles. The summed E-state index contributed by atoms with van der Waals surface area (Å²) in [6.07, 6.45) is 0. The molecule has 2 rings (SSSR count). The Morgan fingerprint density at radius 1 is 0.476 bits per heavy atom. The molecule has 2 aromatic heterocycles. The third-order valence-corrected chi connectivity index (χ3v) is 2.21. The Labute approximate surface area is 110 Å². The molecule has 0 bridgehead atoms. The number of aromatic nitrogens is 2. The molecule has 0 spiro atoms. The van der Waals surface area contributed by atoms with E-state index in [4.69, 9.17) is 0 Å². The van der Waals surface area contributed by atoms with Gasteiger partial charge in [0, 0.05) is 0 Å². The number of halogens is 8. The molecule has 0 atom stereocenters. The average Bonchev–Trinajstić information content (AvgIpc) is 2.45. The van der Waals surface area contributed by atoms with Crippen molar-refractivity contribution in [3.05, 3.63) is 46.8 Å². The van der Waals surface area contributed by atoms with Crippen molar-refractivity contribution < 1.29 is 35.1 Å². The quantitative estimate of drug-likeness (QED) is 0.682. The smallest absolute Gasteiger partial charge is 0.254 e. The van der Waals surface area contributed by atoms with Crippen molar-refractivity contribution in [2.75, 3.05) is 5.32 Å². The Balaban J connectivity index is 2.54. The lowest BCUT2D eigenvalue weighted by Crippen LogP contribution is -2.10. The SMILES string of the molecule is Fc1nc(Nc2nc(F)c(F)c(F)c2F)c(F)c(F)c1F. The zero-order chi connectivity index (χ0) is 15.9. The highest BCUT2D eigenvalue weighted by Gasteiger charge is 2.25. The third kappa shape index (κ3) is 2.45. The van der Waals surface area contributed by atoms with Crippen LogP contribution in [0.25, 0.3) is 0 Å². The minimum atomic E-state index is -2.30. The fraction of sp³-hybridized carbons (Fsp3) is 0. The highest BCUT2D eigenvalue weighted by molar-refractivity contribution is 5.53. The minimum Gasteiger partial charge on any atom is -0.320 e. The molecule has 2 aromatic rings. The predicted molar refractivity (Wildman–Crippen MR) is 51.4 cm³/mol. The van der Waals surface area contributed by atoms with Crippen LogP contribution < -0.4 is 5.32 Å². The molecular weight excluding hydrogens is 314 g/mol. The number of nitrogens with zero attached hydrogens (tertiary/aromatic N) is 2. The molecule has 0 fully saturated rings. The molecule has 2 heterocycles. The first-order valence-corrected chi connectivity index (χ1v) is 4.91. The van der Waals surface area contributed by atoms with Crippen LogP contribution in [0.15, 0.2) is 0 Å². The maximum atomic E-state index is 13.2. The van der Waals surface area contributed by atoms with Gasteiger partial charge in [0.1, 0.15) is 0 Å². The average molecular weight is 315 g/mol. The van der Waals surface area contributed by atoms with Crippen molar-refractivity contribution in [2.24, 2.45) is 0 Å². The molecule has 0 aromatic carbocycles. The van der Waals surface area contributed by atoms with Crippen LogP contribution >= 0.6 is 0 Å². The molecule has 0 saturated heterocycles. The van der Waals surface area contributed by atoms with Crippen LogP contribution in [0.4, 0.5) is 46.8 Å². The van der Waals surface area contributed by atoms with Gasteiger partial charge < -0.3 is 5.32 Å². The molecule has 0 aliphatic carbocycles. The molecule has 0 unspecified atom stereocenters. The maximum Gasteiger partial charge on any atom is 0.254 e. The number of anilines is 2. The highest BCUT2D eigenvalue weighted by atomic mass is 19.2. The predicted octanol–water partition coefficient (Wildman–Crippen LogP) is 3.33. The fourth-order valence-corrected chi connectivity index (χ4v) is 1.25. The van der Waals surface area contributed by atoms with Crippen molar-refractivity contribution in [2.45, 2.75) is 0 Å². The van der Waals surface area contributed by atoms with Gasteiger partial charge >= 0.3 is 0 Å². The Kier molecular flexibility index (Phi) is 3.66. The van der Waals surface area contributed by atoms with Crippen LogP contribution in [0.1, 0.15) is 0 Å². The maximum absolute atomic E-state index is 13.2. The van der Waals surface area contributed by atoms with Crippen molar-refractivity contribution in [1.29, 1.82) is 0 Å². The molecule has 0 radical (unpaired) electrons. The van der Waals surface area contributed by atoms with Crippen LogP contribution in [0.2, 0.25) is 0 Å².